The van der Waals surface area contributed by atoms with Gasteiger partial charge in [0, 0.05) is 39.8 Å². The fourth-order valence-corrected chi connectivity index (χ4v) is 7.59. The number of halogens is 5. The van der Waals surface area contributed by atoms with Crippen molar-refractivity contribution in [1.29, 1.82) is 0 Å². The van der Waals surface area contributed by atoms with E-state index in [1.54, 1.807) is 36.4 Å². The van der Waals surface area contributed by atoms with E-state index in [1.165, 1.54) is 68.8 Å². The molecule has 0 aliphatic carbocycles. The Labute approximate surface area is 409 Å². The number of Topliss-reactive ketones (excluding diaryl/α,β-unsaturated/α-hetero) is 2. The van der Waals surface area contributed by atoms with Gasteiger partial charge in [0.05, 0.1) is 47.2 Å². The maximum absolute atomic E-state index is 13.5. The quantitative estimate of drug-likeness (QED) is 0.0333. The van der Waals surface area contributed by atoms with Crippen molar-refractivity contribution >= 4 is 127 Å². The number of carbonyl (C=O) groups excluding carboxylic acids is 6. The van der Waals surface area contributed by atoms with E-state index in [2.05, 4.69) is 41.7 Å². The number of hydrogen-bond donors (Lipinski definition) is 4. The molecule has 2 atom stereocenters. The summed E-state index contributed by atoms with van der Waals surface area (Å²) in [6.45, 7) is 2.31. The molecule has 16 nitrogen and oxygen atoms in total. The molecule has 0 aliphatic rings. The number of benzene rings is 5. The van der Waals surface area contributed by atoms with E-state index in [0.717, 1.165) is 13.8 Å². The third-order valence-corrected chi connectivity index (χ3v) is 11.3. The SMILES string of the molecule is COc1cccc(NC(=O)c2cccc(N=NC(C(C)=O)C(=O)Nc3ccc(NC(=O)C(N=Nc4cccc(C(=O)Nc5cccc(OC)c5CCl)c4Cl)C(C)=O)c(CCCl)c3)c2Cl)c1CCl. The highest BCUT2D eigenvalue weighted by molar-refractivity contribution is 6.37. The predicted molar refractivity (Wildman–Crippen MR) is 260 cm³/mol. The number of alkyl halides is 3. The molecule has 0 heterocycles. The fourth-order valence-electron chi connectivity index (χ4n) is 6.34. The van der Waals surface area contributed by atoms with Crippen LogP contribution in [0.25, 0.3) is 0 Å². The van der Waals surface area contributed by atoms with Crippen molar-refractivity contribution in [2.75, 3.05) is 41.4 Å². The first-order chi connectivity index (χ1) is 32.1. The van der Waals surface area contributed by atoms with Gasteiger partial charge in [0.1, 0.15) is 22.9 Å². The number of rotatable bonds is 20. The Hall–Kier alpha value is -6.43. The maximum atomic E-state index is 13.5. The number of azo groups is 2. The average molecular weight is 1010 g/mol. The van der Waals surface area contributed by atoms with Gasteiger partial charge < -0.3 is 30.7 Å². The highest BCUT2D eigenvalue weighted by Gasteiger charge is 2.27. The lowest BCUT2D eigenvalue weighted by Crippen LogP contribution is -2.32. The summed E-state index contributed by atoms with van der Waals surface area (Å²) in [5, 5.41) is 26.7. The normalized spacial score (nSPS) is 12.0. The Morgan fingerprint density at radius 1 is 0.567 bits per heavy atom. The number of methoxy groups -OCH3 is 2. The van der Waals surface area contributed by atoms with Gasteiger partial charge in [-0.15, -0.1) is 34.8 Å². The van der Waals surface area contributed by atoms with Crippen molar-refractivity contribution in [3.63, 3.8) is 0 Å². The molecule has 4 N–H and O–H groups in total. The number of ether oxygens (including phenoxy) is 2. The lowest BCUT2D eigenvalue weighted by molar-refractivity contribution is -0.127. The van der Waals surface area contributed by atoms with Crippen LogP contribution in [-0.2, 0) is 37.4 Å². The van der Waals surface area contributed by atoms with E-state index in [4.69, 9.17) is 67.5 Å². The summed E-state index contributed by atoms with van der Waals surface area (Å²) in [5.41, 5.74) is 2.91. The van der Waals surface area contributed by atoms with Crippen LogP contribution in [0, 0.1) is 0 Å². The number of aryl methyl sites for hydroxylation is 1. The number of nitrogens with zero attached hydrogens (tertiary/aromatic N) is 4. The zero-order chi connectivity index (χ0) is 48.8. The van der Waals surface area contributed by atoms with Crippen molar-refractivity contribution in [3.05, 3.63) is 129 Å². The molecule has 0 fully saturated rings. The molecule has 0 radical (unpaired) electrons. The van der Waals surface area contributed by atoms with Gasteiger partial charge in [-0.2, -0.15) is 20.5 Å². The Balaban J connectivity index is 1.29. The standard InChI is InChI=1S/C46H41Cl5N8O8/c1-24(60)41(58-56-35-13-5-9-28(39(35)50)43(62)54-33-11-7-15-37(66-3)30(33)22-48)45(64)52-27-17-18-32(26(21-27)19-20-47)53-46(65)42(25(2)61)59-57-36-14-6-10-29(40(36)51)44(63)55-34-12-8-16-38(67-4)31(34)23-49/h5-18,21,41-42H,19-20,22-23H2,1-4H3,(H,52,64)(H,53,65)(H,54,62)(H,55,63). The molecule has 348 valence electrons. The van der Waals surface area contributed by atoms with Crippen molar-refractivity contribution in [1.82, 2.24) is 0 Å². The first-order valence-electron chi connectivity index (χ1n) is 19.9. The van der Waals surface area contributed by atoms with Crippen LogP contribution in [0.4, 0.5) is 34.1 Å². The number of ketones is 2. The molecule has 67 heavy (non-hydrogen) atoms. The number of anilines is 4. The molecule has 5 rings (SSSR count). The molecule has 21 heteroatoms. The zero-order valence-corrected chi connectivity index (χ0v) is 39.9. The summed E-state index contributed by atoms with van der Waals surface area (Å²) in [4.78, 5) is 79.0. The Morgan fingerprint density at radius 2 is 1.01 bits per heavy atom. The highest BCUT2D eigenvalue weighted by atomic mass is 35.5. The van der Waals surface area contributed by atoms with E-state index in [-0.39, 0.29) is 68.0 Å². The first-order valence-corrected chi connectivity index (χ1v) is 22.3. The summed E-state index contributed by atoms with van der Waals surface area (Å²) in [7, 11) is 2.96. The molecule has 0 spiro atoms. The first kappa shape index (κ1) is 51.6. The lowest BCUT2D eigenvalue weighted by Gasteiger charge is -2.16. The smallest absolute Gasteiger partial charge is 0.258 e. The van der Waals surface area contributed by atoms with E-state index in [1.807, 2.05) is 0 Å². The third-order valence-electron chi connectivity index (χ3n) is 9.74. The minimum atomic E-state index is -1.64. The molecule has 0 aromatic heterocycles. The summed E-state index contributed by atoms with van der Waals surface area (Å²) in [6.07, 6.45) is 0.197. The van der Waals surface area contributed by atoms with Crippen LogP contribution < -0.4 is 30.7 Å². The van der Waals surface area contributed by atoms with Gasteiger partial charge in [0.2, 0.25) is 12.1 Å². The molecule has 5 aromatic carbocycles. The lowest BCUT2D eigenvalue weighted by atomic mass is 10.1. The second-order valence-corrected chi connectivity index (χ2v) is 15.8. The monoisotopic (exact) mass is 1010 g/mol. The van der Waals surface area contributed by atoms with Gasteiger partial charge in [-0.1, -0.05) is 47.5 Å². The molecule has 4 amide bonds. The van der Waals surface area contributed by atoms with Gasteiger partial charge in [-0.3, -0.25) is 28.8 Å². The average Bonchev–Trinajstić information content (AvgIpc) is 3.30. The van der Waals surface area contributed by atoms with Crippen LogP contribution >= 0.6 is 58.0 Å². The van der Waals surface area contributed by atoms with E-state index >= 15 is 0 Å². The van der Waals surface area contributed by atoms with Gasteiger partial charge >= 0.3 is 0 Å². The molecule has 0 saturated carbocycles. The van der Waals surface area contributed by atoms with Crippen molar-refractivity contribution < 1.29 is 38.2 Å². The molecule has 0 saturated heterocycles. The summed E-state index contributed by atoms with van der Waals surface area (Å²) < 4.78 is 10.7. The van der Waals surface area contributed by atoms with Gasteiger partial charge in [0.25, 0.3) is 23.6 Å². The van der Waals surface area contributed by atoms with Crippen molar-refractivity contribution in [3.8, 4) is 11.5 Å². The fraction of sp³-hybridized carbons (Fsp3) is 0.217. The van der Waals surface area contributed by atoms with Gasteiger partial charge in [0.15, 0.2) is 11.6 Å². The van der Waals surface area contributed by atoms with Crippen LogP contribution in [0.15, 0.2) is 111 Å². The number of nitrogens with one attached hydrogen (secondary N) is 4. The molecule has 2 unspecified atom stereocenters. The van der Waals surface area contributed by atoms with Gasteiger partial charge in [-0.05, 0) is 92.6 Å². The number of carbonyl (C=O) groups is 6. The van der Waals surface area contributed by atoms with Crippen LogP contribution in [0.5, 0.6) is 11.5 Å². The molecule has 0 bridgehead atoms. The predicted octanol–water partition coefficient (Wildman–Crippen LogP) is 11.1. The number of hydrogen-bond acceptors (Lipinski definition) is 12. The topological polar surface area (TPSA) is 218 Å². The highest BCUT2D eigenvalue weighted by Crippen LogP contribution is 2.34. The minimum absolute atomic E-state index is 0.00826. The second-order valence-electron chi connectivity index (χ2n) is 14.2. The Morgan fingerprint density at radius 3 is 1.43 bits per heavy atom. The maximum Gasteiger partial charge on any atom is 0.258 e. The van der Waals surface area contributed by atoms with Crippen molar-refractivity contribution in [2.24, 2.45) is 20.5 Å². The van der Waals surface area contributed by atoms with Crippen LogP contribution in [0.1, 0.15) is 51.3 Å². The molecular weight excluding hydrogens is 970 g/mol. The van der Waals surface area contributed by atoms with E-state index in [0.29, 0.717) is 39.6 Å². The largest absolute Gasteiger partial charge is 0.496 e. The van der Waals surface area contributed by atoms with E-state index < -0.39 is 47.3 Å². The minimum Gasteiger partial charge on any atom is -0.496 e. The Bertz CT molecular complexity index is 2770. The molecular formula is C46H41Cl5N8O8. The molecule has 0 aliphatic heterocycles. The second kappa shape index (κ2) is 24.4. The third kappa shape index (κ3) is 12.9. The summed E-state index contributed by atoms with van der Waals surface area (Å²) in [5.74, 6) is -3.00. The number of amides is 4. The van der Waals surface area contributed by atoms with Crippen LogP contribution in [0.2, 0.25) is 10.0 Å². The zero-order valence-electron chi connectivity index (χ0n) is 36.1. The van der Waals surface area contributed by atoms with Crippen molar-refractivity contribution in [2.45, 2.75) is 44.1 Å². The molecule has 5 aromatic rings. The van der Waals surface area contributed by atoms with Crippen LogP contribution in [0.3, 0.4) is 0 Å². The summed E-state index contributed by atoms with van der Waals surface area (Å²) >= 11 is 31.5. The Kier molecular flexibility index (Phi) is 18.8. The van der Waals surface area contributed by atoms with E-state index in [9.17, 15) is 28.8 Å². The van der Waals surface area contributed by atoms with Gasteiger partial charge in [-0.25, -0.2) is 0 Å². The summed E-state index contributed by atoms with van der Waals surface area (Å²) in [6, 6.07) is 20.1. The van der Waals surface area contributed by atoms with Crippen LogP contribution in [-0.4, -0.2) is 67.4 Å².